The molecule has 1 atom stereocenters. The number of hydrogen-bond donors (Lipinski definition) is 0. The monoisotopic (exact) mass is 292 g/mol. The van der Waals surface area contributed by atoms with E-state index >= 15 is 0 Å². The summed E-state index contributed by atoms with van der Waals surface area (Å²) < 4.78 is 5.93. The lowest BCUT2D eigenvalue weighted by molar-refractivity contribution is -0.144. The molecule has 0 aliphatic carbocycles. The summed E-state index contributed by atoms with van der Waals surface area (Å²) in [7, 11) is 4.82. The first-order chi connectivity index (χ1) is 9.58. The van der Waals surface area contributed by atoms with E-state index in [1.807, 2.05) is 29.2 Å². The molecule has 0 radical (unpaired) electrons. The number of hydrogen-bond acceptors (Lipinski definition) is 3. The number of morpholine rings is 1. The molecule has 108 valence electrons. The van der Waals surface area contributed by atoms with Crippen molar-refractivity contribution in [2.45, 2.75) is 18.4 Å². The van der Waals surface area contributed by atoms with Crippen LogP contribution >= 0.6 is 9.24 Å². The van der Waals surface area contributed by atoms with Crippen molar-refractivity contribution in [2.75, 3.05) is 38.2 Å². The predicted molar refractivity (Wildman–Crippen MR) is 83.6 cm³/mol. The zero-order chi connectivity index (χ0) is 14.2. The molecule has 4 nitrogen and oxygen atoms in total. The molecule has 5 heteroatoms. The quantitative estimate of drug-likeness (QED) is 0.724. The molecule has 0 bridgehead atoms. The van der Waals surface area contributed by atoms with E-state index in [9.17, 15) is 4.79 Å². The number of ether oxygens (including phenoxy) is 1. The van der Waals surface area contributed by atoms with Gasteiger partial charge < -0.3 is 14.5 Å². The Morgan fingerprint density at radius 1 is 1.30 bits per heavy atom. The van der Waals surface area contributed by atoms with Crippen LogP contribution in [0.5, 0.6) is 0 Å². The van der Waals surface area contributed by atoms with Crippen LogP contribution < -0.4 is 10.2 Å². The number of piperidine rings is 1. The van der Waals surface area contributed by atoms with Crippen molar-refractivity contribution in [3.05, 3.63) is 24.3 Å². The Hall–Kier alpha value is -0.960. The number of rotatable bonds is 1. The fourth-order valence-electron chi connectivity index (χ4n) is 2.97. The van der Waals surface area contributed by atoms with Crippen LogP contribution in [-0.2, 0) is 9.53 Å². The molecule has 1 aromatic rings. The number of anilines is 1. The van der Waals surface area contributed by atoms with E-state index in [2.05, 4.69) is 21.2 Å². The molecular formula is C15H21N2O2P. The third-order valence-electron chi connectivity index (χ3n) is 4.33. The number of carbonyl (C=O) groups excluding carboxylic acids is 1. The van der Waals surface area contributed by atoms with Crippen molar-refractivity contribution in [1.29, 1.82) is 0 Å². The van der Waals surface area contributed by atoms with E-state index in [1.165, 1.54) is 0 Å². The van der Waals surface area contributed by atoms with Crippen LogP contribution in [0.4, 0.5) is 5.69 Å². The normalized spacial score (nSPS) is 23.3. The molecule has 1 spiro atoms. The molecule has 20 heavy (non-hydrogen) atoms. The molecule has 3 rings (SSSR count). The first kappa shape index (κ1) is 14.0. The van der Waals surface area contributed by atoms with Crippen LogP contribution in [0.1, 0.15) is 12.8 Å². The van der Waals surface area contributed by atoms with Crippen LogP contribution in [0, 0.1) is 0 Å². The van der Waals surface area contributed by atoms with Gasteiger partial charge >= 0.3 is 0 Å². The largest absolute Gasteiger partial charge is 0.363 e. The second-order valence-corrected chi connectivity index (χ2v) is 6.52. The van der Waals surface area contributed by atoms with Gasteiger partial charge in [-0.3, -0.25) is 4.79 Å². The Kier molecular flexibility index (Phi) is 3.80. The van der Waals surface area contributed by atoms with Gasteiger partial charge in [0.2, 0.25) is 0 Å². The van der Waals surface area contributed by atoms with Gasteiger partial charge in [-0.2, -0.15) is 0 Å². The summed E-state index contributed by atoms with van der Waals surface area (Å²) >= 11 is 0. The van der Waals surface area contributed by atoms with Gasteiger partial charge in [0, 0.05) is 18.8 Å². The molecule has 0 saturated carbocycles. The van der Waals surface area contributed by atoms with Gasteiger partial charge in [-0.1, -0.05) is 12.1 Å². The predicted octanol–water partition coefficient (Wildman–Crippen LogP) is 1.01. The summed E-state index contributed by atoms with van der Waals surface area (Å²) in [5.74, 6) is 0.0603. The van der Waals surface area contributed by atoms with Crippen LogP contribution in [0.3, 0.4) is 0 Å². The maximum absolute atomic E-state index is 12.2. The van der Waals surface area contributed by atoms with E-state index in [0.29, 0.717) is 6.54 Å². The van der Waals surface area contributed by atoms with Crippen molar-refractivity contribution in [2.24, 2.45) is 0 Å². The highest BCUT2D eigenvalue weighted by Gasteiger charge is 2.42. The molecule has 2 saturated heterocycles. The highest BCUT2D eigenvalue weighted by Crippen LogP contribution is 2.32. The molecule has 1 unspecified atom stereocenters. The highest BCUT2D eigenvalue weighted by atomic mass is 31.0. The Bertz CT molecular complexity index is 512. The lowest BCUT2D eigenvalue weighted by Gasteiger charge is -2.46. The van der Waals surface area contributed by atoms with Crippen molar-refractivity contribution in [3.63, 3.8) is 0 Å². The number of nitrogens with zero attached hydrogens (tertiary/aromatic N) is 2. The zero-order valence-corrected chi connectivity index (χ0v) is 13.0. The van der Waals surface area contributed by atoms with Gasteiger partial charge in [0.1, 0.15) is 6.61 Å². The summed E-state index contributed by atoms with van der Waals surface area (Å²) in [5, 5.41) is 1.10. The van der Waals surface area contributed by atoms with E-state index < -0.39 is 0 Å². The Morgan fingerprint density at radius 3 is 2.75 bits per heavy atom. The van der Waals surface area contributed by atoms with E-state index in [1.54, 1.807) is 0 Å². The molecule has 2 heterocycles. The summed E-state index contributed by atoms with van der Waals surface area (Å²) in [6.45, 7) is 2.94. The maximum Gasteiger partial charge on any atom is 0.253 e. The average molecular weight is 292 g/mol. The number of amides is 1. The van der Waals surface area contributed by atoms with Gasteiger partial charge in [0.25, 0.3) is 5.91 Å². The molecule has 2 aliphatic heterocycles. The van der Waals surface area contributed by atoms with Crippen LogP contribution in [0.15, 0.2) is 24.3 Å². The zero-order valence-electron chi connectivity index (χ0n) is 11.8. The lowest BCUT2D eigenvalue weighted by Crippen LogP contribution is -2.58. The maximum atomic E-state index is 12.2. The van der Waals surface area contributed by atoms with Gasteiger partial charge in [-0.25, -0.2) is 0 Å². The molecule has 0 aromatic heterocycles. The Morgan fingerprint density at radius 2 is 2.05 bits per heavy atom. The SMILES string of the molecule is CN1CCC2(CC1)CN(c1cccc(P)c1)C(=O)CO2. The standard InChI is InChI=1S/C15H21N2O2P/c1-16-7-5-15(6-8-16)11-17(14(18)10-19-15)12-3-2-4-13(20)9-12/h2-4,9H,5-8,10-11,20H2,1H3. The van der Waals surface area contributed by atoms with Gasteiger partial charge in [-0.15, -0.1) is 9.24 Å². The average Bonchev–Trinajstić information content (AvgIpc) is 2.45. The molecule has 1 aromatic carbocycles. The third-order valence-corrected chi connectivity index (χ3v) is 4.69. The molecule has 2 fully saturated rings. The number of likely N-dealkylation sites (tertiary alicyclic amines) is 1. The third kappa shape index (κ3) is 2.73. The van der Waals surface area contributed by atoms with Crippen LogP contribution in [-0.4, -0.2) is 49.7 Å². The minimum Gasteiger partial charge on any atom is -0.363 e. The molecule has 0 N–H and O–H groups in total. The topological polar surface area (TPSA) is 32.8 Å². The Balaban J connectivity index is 1.82. The summed E-state index contributed by atoms with van der Waals surface area (Å²) in [6, 6.07) is 8.04. The van der Waals surface area contributed by atoms with Crippen LogP contribution in [0.25, 0.3) is 0 Å². The second-order valence-electron chi connectivity index (χ2n) is 5.85. The fraction of sp³-hybridized carbons (Fsp3) is 0.533. The van der Waals surface area contributed by atoms with Gasteiger partial charge in [0.15, 0.2) is 0 Å². The van der Waals surface area contributed by atoms with E-state index in [4.69, 9.17) is 4.74 Å². The number of carbonyl (C=O) groups is 1. The second kappa shape index (κ2) is 5.44. The first-order valence-corrected chi connectivity index (χ1v) is 7.64. The smallest absolute Gasteiger partial charge is 0.253 e. The molecule has 2 aliphatic rings. The van der Waals surface area contributed by atoms with Crippen molar-refractivity contribution in [1.82, 2.24) is 4.90 Å². The minimum absolute atomic E-state index is 0.0603. The van der Waals surface area contributed by atoms with Crippen molar-refractivity contribution in [3.8, 4) is 0 Å². The summed E-state index contributed by atoms with van der Waals surface area (Å²) in [4.78, 5) is 16.4. The van der Waals surface area contributed by atoms with Crippen LogP contribution in [0.2, 0.25) is 0 Å². The minimum atomic E-state index is -0.155. The molecule has 1 amide bonds. The lowest BCUT2D eigenvalue weighted by atomic mass is 9.89. The van der Waals surface area contributed by atoms with Crippen molar-refractivity contribution >= 4 is 26.1 Å². The number of benzene rings is 1. The van der Waals surface area contributed by atoms with E-state index in [-0.39, 0.29) is 18.1 Å². The van der Waals surface area contributed by atoms with Gasteiger partial charge in [-0.05, 0) is 37.3 Å². The molecular weight excluding hydrogens is 271 g/mol. The first-order valence-electron chi connectivity index (χ1n) is 7.06. The fourth-order valence-corrected chi connectivity index (χ4v) is 3.25. The summed E-state index contributed by atoms with van der Waals surface area (Å²) in [6.07, 6.45) is 1.99. The highest BCUT2D eigenvalue weighted by molar-refractivity contribution is 7.27. The van der Waals surface area contributed by atoms with E-state index in [0.717, 1.165) is 36.9 Å². The van der Waals surface area contributed by atoms with Crippen molar-refractivity contribution < 1.29 is 9.53 Å². The summed E-state index contributed by atoms with van der Waals surface area (Å²) in [5.41, 5.74) is 0.821. The Labute approximate surface area is 122 Å². The van der Waals surface area contributed by atoms with Gasteiger partial charge in [0.05, 0.1) is 12.1 Å².